The third-order valence-corrected chi connectivity index (χ3v) is 18.0. The summed E-state index contributed by atoms with van der Waals surface area (Å²) in [6, 6.07) is 3.92. The van der Waals surface area contributed by atoms with Gasteiger partial charge in [0, 0.05) is 84.9 Å². The molecule has 4 rings (SSSR count). The number of likely N-dealkylation sites (N-methyl/N-ethyl adjacent to an activating group) is 2. The van der Waals surface area contributed by atoms with E-state index in [9.17, 15) is 61.9 Å². The van der Waals surface area contributed by atoms with Crippen LogP contribution in [0.2, 0.25) is 0 Å². The van der Waals surface area contributed by atoms with Gasteiger partial charge in [0.25, 0.3) is 11.8 Å². The fourth-order valence-corrected chi connectivity index (χ4v) is 12.1. The van der Waals surface area contributed by atoms with Crippen LogP contribution in [0, 0.1) is 35.4 Å². The fraction of sp³-hybridized carbons (Fsp3) is 0.623. The number of halogens is 1. The van der Waals surface area contributed by atoms with Crippen molar-refractivity contribution in [3.8, 4) is 0 Å². The summed E-state index contributed by atoms with van der Waals surface area (Å²) in [4.78, 5) is 166. The number of nitrogens with zero attached hydrogens (tertiary/aromatic N) is 4. The van der Waals surface area contributed by atoms with Crippen LogP contribution in [0.25, 0.3) is 0 Å². The molecule has 0 aliphatic carbocycles. The number of likely N-dealkylation sites (tertiary alicyclic amines) is 1. The number of anilines is 1. The number of rotatable bonds is 39. The molecule has 2 aromatic rings. The molecule has 0 saturated carbocycles. The first-order chi connectivity index (χ1) is 45.8. The number of hydrogen-bond donors (Lipinski definition) is 7. The van der Waals surface area contributed by atoms with Gasteiger partial charge in [-0.25, -0.2) is 14.0 Å². The highest BCUT2D eigenvalue weighted by molar-refractivity contribution is 6.13. The highest BCUT2D eigenvalue weighted by atomic mass is 19.1. The lowest BCUT2D eigenvalue weighted by atomic mass is 9.89. The smallest absolute Gasteiger partial charge is 0.410 e. The summed E-state index contributed by atoms with van der Waals surface area (Å²) in [7, 11) is 7.44. The number of carbonyl (C=O) groups is 12. The molecule has 0 aromatic heterocycles. The molecule has 12 atom stereocenters. The van der Waals surface area contributed by atoms with Crippen LogP contribution < -0.4 is 37.6 Å². The fourth-order valence-electron chi connectivity index (χ4n) is 12.1. The van der Waals surface area contributed by atoms with Gasteiger partial charge in [-0.2, -0.15) is 0 Å². The zero-order valence-corrected chi connectivity index (χ0v) is 58.9. The van der Waals surface area contributed by atoms with Crippen molar-refractivity contribution in [2.75, 3.05) is 60.4 Å². The van der Waals surface area contributed by atoms with Gasteiger partial charge in [-0.05, 0) is 105 Å². The minimum absolute atomic E-state index is 0.0743. The molecule has 97 heavy (non-hydrogen) atoms. The van der Waals surface area contributed by atoms with Gasteiger partial charge in [-0.1, -0.05) is 87.3 Å². The number of urea groups is 1. The second-order valence-electron chi connectivity index (χ2n) is 26.1. The summed E-state index contributed by atoms with van der Waals surface area (Å²) >= 11 is 0. The van der Waals surface area contributed by atoms with E-state index in [1.165, 1.54) is 64.5 Å². The van der Waals surface area contributed by atoms with Gasteiger partial charge < -0.3 is 66.4 Å². The Labute approximate surface area is 569 Å². The molecule has 0 spiro atoms. The predicted molar refractivity (Wildman–Crippen MR) is 359 cm³/mol. The monoisotopic (exact) mass is 1360 g/mol. The predicted octanol–water partition coefficient (Wildman–Crippen LogP) is 4.99. The first-order valence-corrected chi connectivity index (χ1v) is 33.3. The maximum absolute atomic E-state index is 14.9. The Morgan fingerprint density at radius 2 is 1.33 bits per heavy atom. The van der Waals surface area contributed by atoms with Crippen LogP contribution in [0.1, 0.15) is 143 Å². The number of ketones is 1. The van der Waals surface area contributed by atoms with E-state index in [4.69, 9.17) is 24.7 Å². The maximum Gasteiger partial charge on any atom is 0.410 e. The summed E-state index contributed by atoms with van der Waals surface area (Å²) in [5, 5.41) is 16.4. The first-order valence-electron chi connectivity index (χ1n) is 33.3. The molecule has 1 saturated heterocycles. The van der Waals surface area contributed by atoms with Crippen LogP contribution in [-0.4, -0.2) is 206 Å². The Morgan fingerprint density at radius 3 is 1.89 bits per heavy atom. The van der Waals surface area contributed by atoms with Crippen LogP contribution in [-0.2, 0) is 68.7 Å². The summed E-state index contributed by atoms with van der Waals surface area (Å²) in [6.07, 6.45) is 2.05. The number of carbonyl (C=O) groups excluding carboxylic acids is 12. The summed E-state index contributed by atoms with van der Waals surface area (Å²) in [6.45, 7) is 17.8. The van der Waals surface area contributed by atoms with E-state index < -0.39 is 138 Å². The van der Waals surface area contributed by atoms with E-state index in [1.807, 2.05) is 13.8 Å². The summed E-state index contributed by atoms with van der Waals surface area (Å²) < 4.78 is 37.1. The second kappa shape index (κ2) is 39.1. The number of primary amides is 1. The number of imide groups is 1. The van der Waals surface area contributed by atoms with Gasteiger partial charge in [-0.3, -0.25) is 57.7 Å². The van der Waals surface area contributed by atoms with Gasteiger partial charge >= 0.3 is 12.1 Å². The molecular formula is C69H104FN11O16. The normalized spacial score (nSPS) is 17.6. The molecule has 27 nitrogen and oxygen atoms in total. The molecule has 28 heteroatoms. The van der Waals surface area contributed by atoms with E-state index >= 15 is 0 Å². The molecule has 2 aliphatic heterocycles. The number of hydrogen-bond acceptors (Lipinski definition) is 16. The van der Waals surface area contributed by atoms with Crippen molar-refractivity contribution in [3.63, 3.8) is 0 Å². The van der Waals surface area contributed by atoms with Crippen molar-refractivity contribution in [3.05, 3.63) is 77.6 Å². The molecule has 8 N–H and O–H groups in total. The molecule has 0 bridgehead atoms. The van der Waals surface area contributed by atoms with Crippen molar-refractivity contribution in [2.45, 2.75) is 194 Å². The number of methoxy groups -OCH3 is 3. The quantitative estimate of drug-likeness (QED) is 0.0263. The Morgan fingerprint density at radius 1 is 0.701 bits per heavy atom. The van der Waals surface area contributed by atoms with E-state index in [0.29, 0.717) is 43.4 Å². The number of ether oxygens (including phenoxy) is 4. The number of nitrogens with one attached hydrogen (secondary N) is 6. The largest absolute Gasteiger partial charge is 0.445 e. The highest BCUT2D eigenvalue weighted by Crippen LogP contribution is 2.31. The molecule has 538 valence electrons. The molecule has 1 fully saturated rings. The standard InChI is InChI=1S/C69H104FN11O16/c1-16-42(8)60(52(95-14)36-56(85)81-37-49(94-13)35-51(81)62(96-15)43(9)63(87)73-44(10)61(86)46-25-27-47(70)28-26-46)78(11)67(91)58(40(4)5)77-66(90)59(41(6)7)79(12)69(93)97-38-45-23-29-48(30-24-45)74-64(88)50(21-20-33-72-68(71)92)75-65(89)57(39(2)3)76-53(82)22-18-17-19-34-80-54(83)31-32-55(80)84/h23-32,39-44,49-52,57-60,62H,16-22,33-38H2,1-15H3,(H,73,87)(H,74,88)(H,75,89)(H,76,82)(H,77,90)(H3,71,72,92)/t42-,43+,44-,49+,50-,51-,52+,57-,58-,59-,60?,62+/m0/s1. The van der Waals surface area contributed by atoms with E-state index in [0.717, 1.165) is 21.9 Å². The number of amides is 12. The molecule has 0 radical (unpaired) electrons. The lowest BCUT2D eigenvalue weighted by molar-refractivity contribution is -0.148. The number of Topliss-reactive ketones (excluding diaryl/α,β-unsaturated/α-hetero) is 1. The van der Waals surface area contributed by atoms with Crippen LogP contribution in [0.3, 0.4) is 0 Å². The second-order valence-corrected chi connectivity index (χ2v) is 26.1. The Balaban J connectivity index is 1.40. The van der Waals surface area contributed by atoms with Crippen molar-refractivity contribution in [1.29, 1.82) is 0 Å². The van der Waals surface area contributed by atoms with Crippen LogP contribution in [0.4, 0.5) is 19.7 Å². The number of unbranched alkanes of at least 4 members (excludes halogenated alkanes) is 2. The van der Waals surface area contributed by atoms with E-state index in [1.54, 1.807) is 84.7 Å². The minimum Gasteiger partial charge on any atom is -0.445 e. The van der Waals surface area contributed by atoms with Gasteiger partial charge in [0.15, 0.2) is 5.78 Å². The first kappa shape index (κ1) is 81.1. The Kier molecular flexibility index (Phi) is 32.7. The lowest BCUT2D eigenvalue weighted by Gasteiger charge is -2.41. The average molecular weight is 1360 g/mol. The van der Waals surface area contributed by atoms with Crippen molar-refractivity contribution < 1.29 is 80.9 Å². The van der Waals surface area contributed by atoms with Crippen LogP contribution >= 0.6 is 0 Å². The number of nitrogens with two attached hydrogens (primary N) is 1. The van der Waals surface area contributed by atoms with E-state index in [-0.39, 0.29) is 87.0 Å². The Hall–Kier alpha value is -8.37. The number of benzene rings is 2. The molecule has 2 aromatic carbocycles. The van der Waals surface area contributed by atoms with Crippen molar-refractivity contribution >= 4 is 76.8 Å². The average Bonchev–Trinajstić information content (AvgIpc) is 1.79. The molecular weight excluding hydrogens is 1260 g/mol. The van der Waals surface area contributed by atoms with Gasteiger partial charge in [-0.15, -0.1) is 0 Å². The van der Waals surface area contributed by atoms with Gasteiger partial charge in [0.05, 0.1) is 48.8 Å². The van der Waals surface area contributed by atoms with Crippen LogP contribution in [0.15, 0.2) is 60.7 Å². The van der Waals surface area contributed by atoms with Crippen molar-refractivity contribution in [1.82, 2.24) is 46.2 Å². The molecule has 12 amide bonds. The summed E-state index contributed by atoms with van der Waals surface area (Å²) in [5.74, 6) is -7.64. The maximum atomic E-state index is 14.9. The van der Waals surface area contributed by atoms with Crippen LogP contribution in [0.5, 0.6) is 0 Å². The minimum atomic E-state index is -1.12. The summed E-state index contributed by atoms with van der Waals surface area (Å²) in [5.41, 5.74) is 6.30. The molecule has 1 unspecified atom stereocenters. The topological polar surface area (TPSA) is 353 Å². The van der Waals surface area contributed by atoms with Crippen molar-refractivity contribution in [2.24, 2.45) is 35.3 Å². The lowest BCUT2D eigenvalue weighted by Crippen LogP contribution is -2.60. The molecule has 2 aliphatic rings. The van der Waals surface area contributed by atoms with Gasteiger partial charge in [0.2, 0.25) is 41.4 Å². The highest BCUT2D eigenvalue weighted by Gasteiger charge is 2.46. The Bertz CT molecular complexity index is 3040. The third-order valence-electron chi connectivity index (χ3n) is 18.0. The third kappa shape index (κ3) is 23.7. The van der Waals surface area contributed by atoms with E-state index in [2.05, 4.69) is 31.9 Å². The SMILES string of the molecule is CC[C@H](C)C([C@@H](CC(=O)N1C[C@H](OC)C[C@H]1[C@H](OC)[C@@H](C)C(=O)N[C@@H](C)C(=O)c1ccc(F)cc1)OC)N(C)C(=O)[C@@H](NC(=O)[C@H](C(C)C)N(C)C(=O)OCc1ccc(NC(=O)[C@H](CCCNC(N)=O)NC(=O)[C@@H](NC(=O)CCCCCN2C(=O)C=CC2=O)C(C)C)cc1)C(C)C. The molecule has 2 heterocycles. The zero-order chi connectivity index (χ0) is 72.5. The zero-order valence-electron chi connectivity index (χ0n) is 58.9. The van der Waals surface area contributed by atoms with Gasteiger partial charge in [0.1, 0.15) is 36.6 Å².